The van der Waals surface area contributed by atoms with Crippen LogP contribution in [0, 0.1) is 0 Å². The van der Waals surface area contributed by atoms with Crippen molar-refractivity contribution in [3.05, 3.63) is 125 Å². The normalized spacial score (nSPS) is 11.3. The number of aromatic nitrogens is 1. The van der Waals surface area contributed by atoms with E-state index in [2.05, 4.69) is 15.6 Å². The van der Waals surface area contributed by atoms with E-state index >= 15 is 0 Å². The molecule has 0 spiro atoms. The predicted octanol–water partition coefficient (Wildman–Crippen LogP) is 4.27. The van der Waals surface area contributed by atoms with Gasteiger partial charge in [0.15, 0.2) is 0 Å². The number of imide groups is 1. The Hall–Kier alpha value is -5.22. The molecule has 0 fully saturated rings. The molecule has 0 aliphatic carbocycles. The summed E-state index contributed by atoms with van der Waals surface area (Å²) in [4.78, 5) is 46.5. The van der Waals surface area contributed by atoms with Crippen LogP contribution in [0.3, 0.4) is 0 Å². The van der Waals surface area contributed by atoms with Gasteiger partial charge in [-0.05, 0) is 78.1 Å². The number of ether oxygens (including phenoxy) is 2. The molecule has 0 bridgehead atoms. The Morgan fingerprint density at radius 3 is 2.16 bits per heavy atom. The Labute approximate surface area is 263 Å². The number of rotatable bonds is 14. The molecule has 4 aromatic rings. The van der Waals surface area contributed by atoms with Gasteiger partial charge >= 0.3 is 6.03 Å². The predicted molar refractivity (Wildman–Crippen MR) is 172 cm³/mol. The number of amides is 4. The van der Waals surface area contributed by atoms with Crippen molar-refractivity contribution >= 4 is 17.8 Å². The van der Waals surface area contributed by atoms with E-state index in [1.807, 2.05) is 61.5 Å². The molecule has 234 valence electrons. The summed E-state index contributed by atoms with van der Waals surface area (Å²) in [5.74, 6) is 0.313. The zero-order chi connectivity index (χ0) is 32.0. The van der Waals surface area contributed by atoms with Crippen molar-refractivity contribution in [2.24, 2.45) is 5.73 Å². The van der Waals surface area contributed by atoms with Crippen molar-refractivity contribution in [2.45, 2.75) is 38.9 Å². The number of nitrogens with two attached hydrogens (primary N) is 1. The van der Waals surface area contributed by atoms with E-state index in [0.717, 1.165) is 27.2 Å². The zero-order valence-electron chi connectivity index (χ0n) is 25.6. The van der Waals surface area contributed by atoms with E-state index < -0.39 is 23.9 Å². The maximum atomic E-state index is 14.2. The average molecular weight is 610 g/mol. The van der Waals surface area contributed by atoms with Gasteiger partial charge in [-0.25, -0.2) is 4.79 Å². The molecule has 10 heteroatoms. The summed E-state index contributed by atoms with van der Waals surface area (Å²) in [5, 5.41) is 5.74. The van der Waals surface area contributed by atoms with Crippen LogP contribution >= 0.6 is 0 Å². The van der Waals surface area contributed by atoms with E-state index in [1.165, 1.54) is 0 Å². The summed E-state index contributed by atoms with van der Waals surface area (Å²) in [6.45, 7) is 3.14. The van der Waals surface area contributed by atoms with E-state index in [1.54, 1.807) is 49.8 Å². The lowest BCUT2D eigenvalue weighted by Gasteiger charge is -2.27. The van der Waals surface area contributed by atoms with Crippen LogP contribution in [-0.4, -0.2) is 54.0 Å². The third-order valence-corrected chi connectivity index (χ3v) is 7.19. The van der Waals surface area contributed by atoms with Crippen LogP contribution in [0.1, 0.15) is 39.5 Å². The molecule has 10 nitrogen and oxygen atoms in total. The summed E-state index contributed by atoms with van der Waals surface area (Å²) in [6, 6.07) is 23.5. The first-order chi connectivity index (χ1) is 21.9. The van der Waals surface area contributed by atoms with Crippen LogP contribution in [0.2, 0.25) is 0 Å². The summed E-state index contributed by atoms with van der Waals surface area (Å²) >= 11 is 0. The SMILES string of the molecule is CCOc1ccc(C[C@@H](NC(=O)c2ccc(OC)cc2)C(=O)N(CCc2cccnc2)C(=O)NCc2ccc(CN)cc2)cc1. The third kappa shape index (κ3) is 9.64. The van der Waals surface area contributed by atoms with Gasteiger partial charge in [0.1, 0.15) is 17.5 Å². The first-order valence-electron chi connectivity index (χ1n) is 14.8. The molecular weight excluding hydrogens is 570 g/mol. The van der Waals surface area contributed by atoms with Crippen molar-refractivity contribution in [2.75, 3.05) is 20.3 Å². The van der Waals surface area contributed by atoms with Gasteiger partial charge in [0, 0.05) is 44.0 Å². The van der Waals surface area contributed by atoms with Crippen molar-refractivity contribution in [3.63, 3.8) is 0 Å². The Morgan fingerprint density at radius 2 is 1.53 bits per heavy atom. The van der Waals surface area contributed by atoms with Crippen LogP contribution in [0.5, 0.6) is 11.5 Å². The third-order valence-electron chi connectivity index (χ3n) is 7.19. The fraction of sp³-hybridized carbons (Fsp3) is 0.257. The lowest BCUT2D eigenvalue weighted by Crippen LogP contribution is -2.54. The molecule has 0 saturated carbocycles. The van der Waals surface area contributed by atoms with Gasteiger partial charge in [0.05, 0.1) is 13.7 Å². The number of carbonyl (C=O) groups is 3. The quantitative estimate of drug-likeness (QED) is 0.194. The van der Waals surface area contributed by atoms with Gasteiger partial charge in [0.2, 0.25) is 0 Å². The zero-order valence-corrected chi connectivity index (χ0v) is 25.6. The lowest BCUT2D eigenvalue weighted by molar-refractivity contribution is -0.130. The molecule has 4 rings (SSSR count). The molecule has 3 aromatic carbocycles. The number of benzene rings is 3. The molecule has 4 amide bonds. The summed E-state index contributed by atoms with van der Waals surface area (Å²) in [6.07, 6.45) is 3.91. The standard InChI is InChI=1S/C35H39N5O5/c1-3-45-31-14-10-25(11-15-31)21-32(39-33(41)29-12-16-30(44-2)17-13-29)34(42)40(20-18-27-5-4-19-37-23-27)35(43)38-24-28-8-6-26(22-36)7-9-28/h4-17,19,23,32H,3,18,20-22,24,36H2,1-2H3,(H,38,43)(H,39,41)/t32-/m1/s1. The molecule has 0 unspecified atom stereocenters. The number of hydrogen-bond acceptors (Lipinski definition) is 7. The van der Waals surface area contributed by atoms with E-state index in [-0.39, 0.29) is 19.5 Å². The Balaban J connectivity index is 1.59. The largest absolute Gasteiger partial charge is 0.497 e. The summed E-state index contributed by atoms with van der Waals surface area (Å²) in [7, 11) is 1.54. The maximum Gasteiger partial charge on any atom is 0.324 e. The number of hydrogen-bond donors (Lipinski definition) is 3. The minimum atomic E-state index is -1.04. The summed E-state index contributed by atoms with van der Waals surface area (Å²) < 4.78 is 10.8. The second kappa shape index (κ2) is 16.6. The van der Waals surface area contributed by atoms with Gasteiger partial charge in [-0.2, -0.15) is 0 Å². The molecule has 0 aliphatic heterocycles. The van der Waals surface area contributed by atoms with Crippen molar-refractivity contribution < 1.29 is 23.9 Å². The van der Waals surface area contributed by atoms with Gasteiger partial charge < -0.3 is 25.8 Å². The van der Waals surface area contributed by atoms with Crippen LogP contribution in [0.15, 0.2) is 97.3 Å². The molecule has 0 aliphatic rings. The second-order valence-corrected chi connectivity index (χ2v) is 10.3. The van der Waals surface area contributed by atoms with Crippen LogP contribution in [0.4, 0.5) is 4.79 Å². The van der Waals surface area contributed by atoms with E-state index in [0.29, 0.717) is 36.6 Å². The minimum absolute atomic E-state index is 0.0840. The second-order valence-electron chi connectivity index (χ2n) is 10.3. The monoisotopic (exact) mass is 609 g/mol. The van der Waals surface area contributed by atoms with Crippen molar-refractivity contribution in [3.8, 4) is 11.5 Å². The first-order valence-corrected chi connectivity index (χ1v) is 14.8. The van der Waals surface area contributed by atoms with Gasteiger partial charge in [-0.15, -0.1) is 0 Å². The highest BCUT2D eigenvalue weighted by Gasteiger charge is 2.30. The van der Waals surface area contributed by atoms with Gasteiger partial charge in [0.25, 0.3) is 11.8 Å². The maximum absolute atomic E-state index is 14.2. The van der Waals surface area contributed by atoms with Crippen molar-refractivity contribution in [1.82, 2.24) is 20.5 Å². The number of pyridine rings is 1. The molecule has 1 aromatic heterocycles. The fourth-order valence-electron chi connectivity index (χ4n) is 4.66. The number of nitrogens with one attached hydrogen (secondary N) is 2. The van der Waals surface area contributed by atoms with Crippen LogP contribution in [-0.2, 0) is 30.7 Å². The highest BCUT2D eigenvalue weighted by Crippen LogP contribution is 2.16. The molecule has 0 radical (unpaired) electrons. The topological polar surface area (TPSA) is 136 Å². The van der Waals surface area contributed by atoms with E-state index in [4.69, 9.17) is 15.2 Å². The number of urea groups is 1. The molecule has 0 saturated heterocycles. The highest BCUT2D eigenvalue weighted by molar-refractivity contribution is 6.01. The Morgan fingerprint density at radius 1 is 0.867 bits per heavy atom. The first kappa shape index (κ1) is 32.7. The number of nitrogens with zero attached hydrogens (tertiary/aromatic N) is 2. The molecule has 1 heterocycles. The minimum Gasteiger partial charge on any atom is -0.497 e. The number of carbonyl (C=O) groups excluding carboxylic acids is 3. The van der Waals surface area contributed by atoms with Gasteiger partial charge in [-0.3, -0.25) is 19.5 Å². The summed E-state index contributed by atoms with van der Waals surface area (Å²) in [5.41, 5.74) is 9.55. The Bertz CT molecular complexity index is 1530. The fourth-order valence-corrected chi connectivity index (χ4v) is 4.66. The Kier molecular flexibility index (Phi) is 12.0. The smallest absolute Gasteiger partial charge is 0.324 e. The van der Waals surface area contributed by atoms with Crippen molar-refractivity contribution in [1.29, 1.82) is 0 Å². The average Bonchev–Trinajstić information content (AvgIpc) is 3.08. The highest BCUT2D eigenvalue weighted by atomic mass is 16.5. The molecule has 1 atom stereocenters. The van der Waals surface area contributed by atoms with Gasteiger partial charge in [-0.1, -0.05) is 42.5 Å². The molecular formula is C35H39N5O5. The number of methoxy groups -OCH3 is 1. The van der Waals surface area contributed by atoms with Crippen LogP contribution in [0.25, 0.3) is 0 Å². The van der Waals surface area contributed by atoms with E-state index in [9.17, 15) is 14.4 Å². The van der Waals surface area contributed by atoms with Crippen LogP contribution < -0.4 is 25.8 Å². The lowest BCUT2D eigenvalue weighted by atomic mass is 10.0. The molecule has 45 heavy (non-hydrogen) atoms. The molecule has 4 N–H and O–H groups in total.